The van der Waals surface area contributed by atoms with Gasteiger partial charge in [0.2, 0.25) is 0 Å². The van der Waals surface area contributed by atoms with Gasteiger partial charge in [-0.05, 0) is 109 Å². The van der Waals surface area contributed by atoms with Crippen LogP contribution in [0.2, 0.25) is 0 Å². The normalized spacial score (nSPS) is 12.9. The molecule has 0 aromatic heterocycles. The van der Waals surface area contributed by atoms with E-state index in [9.17, 15) is 14.4 Å². The summed E-state index contributed by atoms with van der Waals surface area (Å²) >= 11 is 0. The van der Waals surface area contributed by atoms with Gasteiger partial charge >= 0.3 is 17.9 Å². The van der Waals surface area contributed by atoms with E-state index in [0.29, 0.717) is 19.3 Å². The van der Waals surface area contributed by atoms with Crippen LogP contribution in [0.25, 0.3) is 0 Å². The van der Waals surface area contributed by atoms with Crippen molar-refractivity contribution in [3.05, 3.63) is 122 Å². The number of carbonyl (C=O) groups is 3. The highest BCUT2D eigenvalue weighted by atomic mass is 16.6. The van der Waals surface area contributed by atoms with Gasteiger partial charge in [0, 0.05) is 19.3 Å². The Hall–Kier alpha value is -4.19. The minimum atomic E-state index is -0.788. The summed E-state index contributed by atoms with van der Waals surface area (Å²) in [6.07, 6.45) is 96.5. The Morgan fingerprint density at radius 1 is 0.256 bits per heavy atom. The highest BCUT2D eigenvalue weighted by Crippen LogP contribution is 2.17. The van der Waals surface area contributed by atoms with Crippen LogP contribution >= 0.6 is 0 Å². The van der Waals surface area contributed by atoms with Crippen LogP contribution in [0.1, 0.15) is 323 Å². The molecular formula is C76H128O6. The van der Waals surface area contributed by atoms with Crippen LogP contribution in [0.15, 0.2) is 122 Å². The van der Waals surface area contributed by atoms with Gasteiger partial charge in [-0.25, -0.2) is 0 Å². The average molecular weight is 1140 g/mol. The van der Waals surface area contributed by atoms with Crippen molar-refractivity contribution in [1.29, 1.82) is 0 Å². The smallest absolute Gasteiger partial charge is 0.306 e. The lowest BCUT2D eigenvalue weighted by atomic mass is 10.0. The van der Waals surface area contributed by atoms with E-state index >= 15 is 0 Å². The maximum Gasteiger partial charge on any atom is 0.306 e. The first-order valence-electron chi connectivity index (χ1n) is 34.5. The van der Waals surface area contributed by atoms with Crippen LogP contribution in [0.4, 0.5) is 0 Å². The third kappa shape index (κ3) is 66.6. The molecule has 0 aliphatic heterocycles. The molecule has 0 heterocycles. The van der Waals surface area contributed by atoms with Crippen LogP contribution in [-0.4, -0.2) is 37.2 Å². The Bertz CT molecular complexity index is 1690. The highest BCUT2D eigenvalue weighted by Gasteiger charge is 2.19. The Balaban J connectivity index is 4.26. The Labute approximate surface area is 507 Å². The van der Waals surface area contributed by atoms with E-state index in [4.69, 9.17) is 14.2 Å². The van der Waals surface area contributed by atoms with Crippen molar-refractivity contribution in [1.82, 2.24) is 0 Å². The molecule has 0 aliphatic rings. The second kappa shape index (κ2) is 69.3. The summed E-state index contributed by atoms with van der Waals surface area (Å²) in [7, 11) is 0. The molecule has 0 fully saturated rings. The van der Waals surface area contributed by atoms with Crippen molar-refractivity contribution < 1.29 is 28.6 Å². The van der Waals surface area contributed by atoms with E-state index in [2.05, 4.69) is 142 Å². The van der Waals surface area contributed by atoms with Crippen molar-refractivity contribution in [2.24, 2.45) is 0 Å². The number of unbranched alkanes of at least 4 members (excludes halogenated alkanes) is 31. The van der Waals surface area contributed by atoms with Gasteiger partial charge in [-0.2, -0.15) is 0 Å². The Morgan fingerprint density at radius 2 is 0.476 bits per heavy atom. The Morgan fingerprint density at radius 3 is 0.744 bits per heavy atom. The van der Waals surface area contributed by atoms with Gasteiger partial charge in [-0.1, -0.05) is 316 Å². The van der Waals surface area contributed by atoms with Crippen molar-refractivity contribution in [2.75, 3.05) is 13.2 Å². The Kier molecular flexibility index (Phi) is 65.8. The predicted molar refractivity (Wildman–Crippen MR) is 357 cm³/mol. The molecule has 0 bridgehead atoms. The summed E-state index contributed by atoms with van der Waals surface area (Å²) in [4.78, 5) is 38.4. The van der Waals surface area contributed by atoms with Gasteiger partial charge in [0.1, 0.15) is 13.2 Å². The van der Waals surface area contributed by atoms with Gasteiger partial charge in [0.15, 0.2) is 6.10 Å². The molecule has 6 heteroatoms. The van der Waals surface area contributed by atoms with Crippen LogP contribution < -0.4 is 0 Å². The summed E-state index contributed by atoms with van der Waals surface area (Å²) in [5.74, 6) is -0.892. The standard InChI is InChI=1S/C76H128O6/c1-4-7-10-13-16-19-22-25-28-30-31-32-33-34-35-36-37-38-39-40-41-42-43-44-45-46-49-51-54-57-60-63-66-69-75(78)81-72-73(71-80-74(77)68-65-62-59-56-53-50-47-27-24-21-18-15-12-9-6-3)82-76(79)70-67-64-61-58-55-52-48-29-26-23-20-17-14-11-8-5-2/h7,9-10,12,16,18-19,21,25,27-28,31-32,34-35,37-38,40-41,47,73H,4-6,8,11,13-15,17,20,22-24,26,29-30,33,36,39,42-46,48-72H2,1-3H3/b10-7-,12-9-,19-16-,21-18-,28-25-,32-31-,35-34-,38-37-,41-40-,47-27-. The molecule has 0 aromatic carbocycles. The van der Waals surface area contributed by atoms with E-state index in [1.807, 2.05) is 0 Å². The second-order valence-electron chi connectivity index (χ2n) is 22.7. The van der Waals surface area contributed by atoms with Gasteiger partial charge in [0.25, 0.3) is 0 Å². The molecule has 82 heavy (non-hydrogen) atoms. The number of allylic oxidation sites excluding steroid dienone is 20. The fourth-order valence-electron chi connectivity index (χ4n) is 9.62. The topological polar surface area (TPSA) is 78.9 Å². The first-order chi connectivity index (χ1) is 40.5. The molecule has 1 atom stereocenters. The number of hydrogen-bond acceptors (Lipinski definition) is 6. The number of esters is 3. The van der Waals surface area contributed by atoms with E-state index in [-0.39, 0.29) is 31.1 Å². The van der Waals surface area contributed by atoms with E-state index in [0.717, 1.165) is 141 Å². The first kappa shape index (κ1) is 77.8. The number of hydrogen-bond donors (Lipinski definition) is 0. The minimum Gasteiger partial charge on any atom is -0.462 e. The zero-order valence-electron chi connectivity index (χ0n) is 53.7. The van der Waals surface area contributed by atoms with Gasteiger partial charge in [0.05, 0.1) is 0 Å². The molecule has 0 N–H and O–H groups in total. The fraction of sp³-hybridized carbons (Fsp3) is 0.697. The second-order valence-corrected chi connectivity index (χ2v) is 22.7. The maximum absolute atomic E-state index is 12.9. The molecule has 0 spiro atoms. The summed E-state index contributed by atoms with van der Waals surface area (Å²) in [6.45, 7) is 6.43. The molecule has 1 unspecified atom stereocenters. The lowest BCUT2D eigenvalue weighted by Gasteiger charge is -2.18. The highest BCUT2D eigenvalue weighted by molar-refractivity contribution is 5.71. The number of carbonyl (C=O) groups excluding carboxylic acids is 3. The van der Waals surface area contributed by atoms with E-state index < -0.39 is 6.10 Å². The molecule has 0 rings (SSSR count). The molecule has 0 aliphatic carbocycles. The third-order valence-corrected chi connectivity index (χ3v) is 14.7. The fourth-order valence-corrected chi connectivity index (χ4v) is 9.62. The van der Waals surface area contributed by atoms with Crippen LogP contribution in [0, 0.1) is 0 Å². The monoisotopic (exact) mass is 1140 g/mol. The third-order valence-electron chi connectivity index (χ3n) is 14.7. The lowest BCUT2D eigenvalue weighted by molar-refractivity contribution is -0.167. The van der Waals surface area contributed by atoms with E-state index in [1.165, 1.54) is 141 Å². The first-order valence-corrected chi connectivity index (χ1v) is 34.5. The SMILES string of the molecule is CC/C=C\C/C=C\C/C=C\C/C=C\C/C=C\C/C=C\C/C=C\CCCCCCCCCCCCCC(=O)OCC(COC(=O)CCCCCCC/C=C\C/C=C\C/C=C\CC)OC(=O)CCCCCCCCCCCCCCCCCC. The van der Waals surface area contributed by atoms with Crippen molar-refractivity contribution in [3.8, 4) is 0 Å². The molecule has 0 radical (unpaired) electrons. The van der Waals surface area contributed by atoms with Gasteiger partial charge in [-0.15, -0.1) is 0 Å². The maximum atomic E-state index is 12.9. The quantitative estimate of drug-likeness (QED) is 0.0261. The number of ether oxygens (including phenoxy) is 3. The molecular weight excluding hydrogens is 1010 g/mol. The van der Waals surface area contributed by atoms with Crippen LogP contribution in [-0.2, 0) is 28.6 Å². The van der Waals surface area contributed by atoms with Crippen molar-refractivity contribution in [2.45, 2.75) is 329 Å². The van der Waals surface area contributed by atoms with Gasteiger partial charge < -0.3 is 14.2 Å². The number of rotatable bonds is 62. The van der Waals surface area contributed by atoms with Crippen LogP contribution in [0.5, 0.6) is 0 Å². The van der Waals surface area contributed by atoms with Crippen molar-refractivity contribution in [3.63, 3.8) is 0 Å². The molecule has 6 nitrogen and oxygen atoms in total. The zero-order valence-corrected chi connectivity index (χ0v) is 53.7. The molecule has 468 valence electrons. The lowest BCUT2D eigenvalue weighted by Crippen LogP contribution is -2.30. The molecule has 0 saturated heterocycles. The summed E-state index contributed by atoms with van der Waals surface area (Å²) in [5.41, 5.74) is 0. The van der Waals surface area contributed by atoms with Gasteiger partial charge in [-0.3, -0.25) is 14.4 Å². The summed E-state index contributed by atoms with van der Waals surface area (Å²) in [6, 6.07) is 0. The predicted octanol–water partition coefficient (Wildman–Crippen LogP) is 23.9. The molecule has 0 amide bonds. The van der Waals surface area contributed by atoms with Crippen molar-refractivity contribution >= 4 is 17.9 Å². The largest absolute Gasteiger partial charge is 0.462 e. The van der Waals surface area contributed by atoms with E-state index in [1.54, 1.807) is 0 Å². The summed E-state index contributed by atoms with van der Waals surface area (Å²) in [5, 5.41) is 0. The molecule has 0 saturated carbocycles. The average Bonchev–Trinajstić information content (AvgIpc) is 3.47. The zero-order chi connectivity index (χ0) is 59.2. The molecule has 0 aromatic rings. The van der Waals surface area contributed by atoms with Crippen LogP contribution in [0.3, 0.4) is 0 Å². The minimum absolute atomic E-state index is 0.0837. The summed E-state index contributed by atoms with van der Waals surface area (Å²) < 4.78 is 16.9.